The molecule has 0 atom stereocenters. The zero-order valence-corrected chi connectivity index (χ0v) is 11.8. The van der Waals surface area contributed by atoms with Crippen molar-refractivity contribution in [2.45, 2.75) is 0 Å². The standard InChI is InChI=1S/C18H11ClO2/c19-14-7-5-13(10-20)17(9-14)16-8-6-12-3-1-2-4-15(12)18(16)11-21/h1-11H. The molecule has 0 aliphatic carbocycles. The van der Waals surface area contributed by atoms with Gasteiger partial charge in [-0.25, -0.2) is 0 Å². The Bertz CT molecular complexity index is 853. The van der Waals surface area contributed by atoms with Crippen molar-refractivity contribution >= 4 is 34.9 Å². The van der Waals surface area contributed by atoms with E-state index in [9.17, 15) is 9.59 Å². The van der Waals surface area contributed by atoms with Crippen LogP contribution in [-0.2, 0) is 0 Å². The summed E-state index contributed by atoms with van der Waals surface area (Å²) in [5.74, 6) is 0. The van der Waals surface area contributed by atoms with Crippen LogP contribution in [0.25, 0.3) is 21.9 Å². The van der Waals surface area contributed by atoms with Crippen molar-refractivity contribution in [3.8, 4) is 11.1 Å². The number of halogens is 1. The van der Waals surface area contributed by atoms with Crippen LogP contribution in [-0.4, -0.2) is 12.6 Å². The quantitative estimate of drug-likeness (QED) is 0.651. The van der Waals surface area contributed by atoms with Gasteiger partial charge in [0.2, 0.25) is 0 Å². The van der Waals surface area contributed by atoms with Crippen molar-refractivity contribution in [1.82, 2.24) is 0 Å². The predicted octanol–water partition coefficient (Wildman–Crippen LogP) is 4.79. The Hall–Kier alpha value is -2.45. The minimum absolute atomic E-state index is 0.512. The molecular weight excluding hydrogens is 284 g/mol. The van der Waals surface area contributed by atoms with Gasteiger partial charge in [-0.2, -0.15) is 0 Å². The highest BCUT2D eigenvalue weighted by Gasteiger charge is 2.12. The van der Waals surface area contributed by atoms with Crippen molar-refractivity contribution in [1.29, 1.82) is 0 Å². The second-order valence-corrected chi connectivity index (χ2v) is 5.15. The van der Waals surface area contributed by atoms with Crippen molar-refractivity contribution in [2.75, 3.05) is 0 Å². The summed E-state index contributed by atoms with van der Waals surface area (Å²) < 4.78 is 0. The first-order valence-corrected chi connectivity index (χ1v) is 6.84. The first-order valence-electron chi connectivity index (χ1n) is 6.46. The van der Waals surface area contributed by atoms with E-state index in [1.54, 1.807) is 18.2 Å². The Balaban J connectivity index is 2.38. The molecule has 0 bridgehead atoms. The monoisotopic (exact) mass is 294 g/mol. The summed E-state index contributed by atoms with van der Waals surface area (Å²) in [6.45, 7) is 0. The highest BCUT2D eigenvalue weighted by molar-refractivity contribution is 6.31. The van der Waals surface area contributed by atoms with E-state index in [4.69, 9.17) is 11.6 Å². The Morgan fingerprint density at radius 3 is 2.38 bits per heavy atom. The second kappa shape index (κ2) is 5.51. The number of aldehydes is 2. The van der Waals surface area contributed by atoms with Crippen LogP contribution >= 0.6 is 11.6 Å². The molecule has 3 rings (SSSR count). The molecule has 0 amide bonds. The van der Waals surface area contributed by atoms with Crippen LogP contribution in [0.5, 0.6) is 0 Å². The average Bonchev–Trinajstić information content (AvgIpc) is 2.53. The molecule has 0 aromatic heterocycles. The third kappa shape index (κ3) is 2.34. The van der Waals surface area contributed by atoms with Crippen molar-refractivity contribution in [2.24, 2.45) is 0 Å². The fourth-order valence-electron chi connectivity index (χ4n) is 2.52. The Kier molecular flexibility index (Phi) is 3.55. The molecule has 0 fully saturated rings. The molecule has 3 heteroatoms. The van der Waals surface area contributed by atoms with Crippen LogP contribution in [0, 0.1) is 0 Å². The molecule has 21 heavy (non-hydrogen) atoms. The lowest BCUT2D eigenvalue weighted by Crippen LogP contribution is -1.94. The molecule has 0 aliphatic heterocycles. The minimum Gasteiger partial charge on any atom is -0.298 e. The van der Waals surface area contributed by atoms with E-state index in [1.165, 1.54) is 0 Å². The smallest absolute Gasteiger partial charge is 0.151 e. The van der Waals surface area contributed by atoms with Gasteiger partial charge < -0.3 is 0 Å². The predicted molar refractivity (Wildman–Crippen MR) is 85.2 cm³/mol. The molecule has 0 spiro atoms. The topological polar surface area (TPSA) is 34.1 Å². The van der Waals surface area contributed by atoms with E-state index in [0.717, 1.165) is 23.3 Å². The Morgan fingerprint density at radius 2 is 1.62 bits per heavy atom. The van der Waals surface area contributed by atoms with Crippen LogP contribution in [0.2, 0.25) is 5.02 Å². The first kappa shape index (κ1) is 13.5. The zero-order valence-electron chi connectivity index (χ0n) is 11.0. The molecule has 0 radical (unpaired) electrons. The van der Waals surface area contributed by atoms with E-state index >= 15 is 0 Å². The lowest BCUT2D eigenvalue weighted by molar-refractivity contribution is 0.111. The fourth-order valence-corrected chi connectivity index (χ4v) is 2.69. The highest BCUT2D eigenvalue weighted by Crippen LogP contribution is 2.32. The number of carbonyl (C=O) groups excluding carboxylic acids is 2. The number of hydrogen-bond acceptors (Lipinski definition) is 2. The molecule has 0 heterocycles. The maximum Gasteiger partial charge on any atom is 0.151 e. The molecule has 0 aliphatic rings. The molecular formula is C18H11ClO2. The van der Waals surface area contributed by atoms with Gasteiger partial charge in [0.15, 0.2) is 12.6 Å². The summed E-state index contributed by atoms with van der Waals surface area (Å²) in [5.41, 5.74) is 2.47. The van der Waals surface area contributed by atoms with Gasteiger partial charge in [-0.05, 0) is 40.1 Å². The lowest BCUT2D eigenvalue weighted by Gasteiger charge is -2.11. The summed E-state index contributed by atoms with van der Waals surface area (Å²) in [6, 6.07) is 16.5. The van der Waals surface area contributed by atoms with Crippen LogP contribution < -0.4 is 0 Å². The van der Waals surface area contributed by atoms with Gasteiger partial charge in [0.05, 0.1) is 0 Å². The third-order valence-electron chi connectivity index (χ3n) is 3.52. The summed E-state index contributed by atoms with van der Waals surface area (Å²) in [4.78, 5) is 22.8. The number of carbonyl (C=O) groups is 2. The summed E-state index contributed by atoms with van der Waals surface area (Å²) >= 11 is 6.03. The maximum absolute atomic E-state index is 11.6. The molecule has 0 saturated heterocycles. The van der Waals surface area contributed by atoms with Gasteiger partial charge in [-0.3, -0.25) is 9.59 Å². The normalized spacial score (nSPS) is 10.5. The number of hydrogen-bond donors (Lipinski definition) is 0. The van der Waals surface area contributed by atoms with Gasteiger partial charge in [-0.15, -0.1) is 0 Å². The summed E-state index contributed by atoms with van der Waals surface area (Å²) in [6.07, 6.45) is 1.60. The van der Waals surface area contributed by atoms with Gasteiger partial charge >= 0.3 is 0 Å². The molecule has 0 saturated carbocycles. The van der Waals surface area contributed by atoms with E-state index in [0.29, 0.717) is 27.3 Å². The molecule has 102 valence electrons. The third-order valence-corrected chi connectivity index (χ3v) is 3.76. The SMILES string of the molecule is O=Cc1ccc(Cl)cc1-c1ccc2ccccc2c1C=O. The van der Waals surface area contributed by atoms with E-state index in [1.807, 2.05) is 36.4 Å². The van der Waals surface area contributed by atoms with E-state index in [-0.39, 0.29) is 0 Å². The van der Waals surface area contributed by atoms with Gasteiger partial charge in [0, 0.05) is 16.1 Å². The largest absolute Gasteiger partial charge is 0.298 e. The van der Waals surface area contributed by atoms with Crippen LogP contribution in [0.15, 0.2) is 54.6 Å². The van der Waals surface area contributed by atoms with Gasteiger partial charge in [0.1, 0.15) is 0 Å². The van der Waals surface area contributed by atoms with Crippen molar-refractivity contribution < 1.29 is 9.59 Å². The van der Waals surface area contributed by atoms with Crippen LogP contribution in [0.4, 0.5) is 0 Å². The summed E-state index contributed by atoms with van der Waals surface area (Å²) in [5, 5.41) is 2.38. The van der Waals surface area contributed by atoms with E-state index in [2.05, 4.69) is 0 Å². The average molecular weight is 295 g/mol. The lowest BCUT2D eigenvalue weighted by atomic mass is 9.92. The fraction of sp³-hybridized carbons (Fsp3) is 0. The molecule has 0 N–H and O–H groups in total. The Labute approximate surface area is 127 Å². The number of benzene rings is 3. The molecule has 2 nitrogen and oxygen atoms in total. The second-order valence-electron chi connectivity index (χ2n) is 4.72. The van der Waals surface area contributed by atoms with Crippen LogP contribution in [0.1, 0.15) is 20.7 Å². The van der Waals surface area contributed by atoms with E-state index < -0.39 is 0 Å². The highest BCUT2D eigenvalue weighted by atomic mass is 35.5. The Morgan fingerprint density at radius 1 is 0.810 bits per heavy atom. The minimum atomic E-state index is 0.512. The summed E-state index contributed by atoms with van der Waals surface area (Å²) in [7, 11) is 0. The van der Waals surface area contributed by atoms with Gasteiger partial charge in [0.25, 0.3) is 0 Å². The molecule has 3 aromatic carbocycles. The van der Waals surface area contributed by atoms with Crippen LogP contribution in [0.3, 0.4) is 0 Å². The van der Waals surface area contributed by atoms with Crippen molar-refractivity contribution in [3.63, 3.8) is 0 Å². The first-order chi connectivity index (χ1) is 10.2. The number of fused-ring (bicyclic) bond motifs is 1. The molecule has 3 aromatic rings. The molecule has 0 unspecified atom stereocenters. The van der Waals surface area contributed by atoms with Crippen molar-refractivity contribution in [3.05, 3.63) is 70.7 Å². The van der Waals surface area contributed by atoms with Gasteiger partial charge in [-0.1, -0.05) is 48.0 Å². The maximum atomic E-state index is 11.6. The number of rotatable bonds is 3. The zero-order chi connectivity index (χ0) is 14.8.